The Morgan fingerprint density at radius 1 is 0.679 bits per heavy atom. The fourth-order valence-corrected chi connectivity index (χ4v) is 2.79. The van der Waals surface area contributed by atoms with Crippen molar-refractivity contribution >= 4 is 67.2 Å². The Morgan fingerprint density at radius 3 is 1.39 bits per heavy atom. The van der Waals surface area contributed by atoms with E-state index in [9.17, 15) is 9.59 Å². The topological polar surface area (TPSA) is 84.5 Å². The third-order valence-electron chi connectivity index (χ3n) is 3.41. The summed E-state index contributed by atoms with van der Waals surface area (Å²) in [6.07, 6.45) is 5.88. The number of rotatable bonds is 6. The van der Waals surface area contributed by atoms with Crippen molar-refractivity contribution in [3.8, 4) is 0 Å². The maximum Gasteiger partial charge on any atom is 0.248 e. The Bertz CT molecular complexity index is 949. The highest BCUT2D eigenvalue weighted by Gasteiger charge is 2.02. The van der Waals surface area contributed by atoms with Crippen LogP contribution in [0.1, 0.15) is 11.5 Å². The van der Waals surface area contributed by atoms with Crippen LogP contribution in [0.4, 0.5) is 11.4 Å². The van der Waals surface area contributed by atoms with Gasteiger partial charge in [-0.3, -0.25) is 9.59 Å². The average Bonchev–Trinajstić information content (AvgIpc) is 3.28. The molecule has 3 aromatic rings. The Hall–Kier alpha value is -2.84. The largest absolute Gasteiger partial charge is 0.450 e. The van der Waals surface area contributed by atoms with Crippen LogP contribution in [-0.2, 0) is 9.59 Å². The summed E-state index contributed by atoms with van der Waals surface area (Å²) in [7, 11) is 0. The maximum atomic E-state index is 11.9. The van der Waals surface area contributed by atoms with Crippen molar-refractivity contribution in [1.82, 2.24) is 0 Å². The Labute approximate surface area is 177 Å². The molecule has 0 bridgehead atoms. The van der Waals surface area contributed by atoms with Crippen LogP contribution in [0.2, 0.25) is 0 Å². The number of halogens is 2. The molecule has 0 spiro atoms. The summed E-state index contributed by atoms with van der Waals surface area (Å²) >= 11 is 6.39. The van der Waals surface area contributed by atoms with Gasteiger partial charge in [0.2, 0.25) is 11.8 Å². The molecule has 142 valence electrons. The predicted molar refractivity (Wildman–Crippen MR) is 115 cm³/mol. The van der Waals surface area contributed by atoms with Gasteiger partial charge in [-0.05, 0) is 92.5 Å². The van der Waals surface area contributed by atoms with Crippen molar-refractivity contribution in [2.45, 2.75) is 0 Å². The summed E-state index contributed by atoms with van der Waals surface area (Å²) in [5.74, 6) is 0.541. The van der Waals surface area contributed by atoms with Crippen molar-refractivity contribution in [2.24, 2.45) is 0 Å². The van der Waals surface area contributed by atoms with Crippen LogP contribution in [0.15, 0.2) is 78.9 Å². The third kappa shape index (κ3) is 6.11. The van der Waals surface area contributed by atoms with E-state index in [2.05, 4.69) is 42.5 Å². The van der Waals surface area contributed by atoms with Gasteiger partial charge in [0, 0.05) is 23.5 Å². The molecule has 2 N–H and O–H groups in total. The molecule has 0 aliphatic rings. The smallest absolute Gasteiger partial charge is 0.248 e. The molecule has 28 heavy (non-hydrogen) atoms. The van der Waals surface area contributed by atoms with Gasteiger partial charge < -0.3 is 19.5 Å². The molecule has 0 aliphatic heterocycles. The fraction of sp³-hybridized carbons (Fsp3) is 0. The Morgan fingerprint density at radius 2 is 1.07 bits per heavy atom. The van der Waals surface area contributed by atoms with Crippen LogP contribution in [0.3, 0.4) is 0 Å². The number of carbonyl (C=O) groups excluding carboxylic acids is 2. The van der Waals surface area contributed by atoms with E-state index in [1.54, 1.807) is 60.7 Å². The molecule has 1 aromatic carbocycles. The van der Waals surface area contributed by atoms with Crippen molar-refractivity contribution in [1.29, 1.82) is 0 Å². The van der Waals surface area contributed by atoms with E-state index in [0.29, 0.717) is 32.2 Å². The van der Waals surface area contributed by atoms with Crippen molar-refractivity contribution in [3.05, 3.63) is 81.5 Å². The second-order valence-corrected chi connectivity index (χ2v) is 7.07. The van der Waals surface area contributed by atoms with E-state index < -0.39 is 0 Å². The molecule has 0 saturated carbocycles. The molecule has 0 radical (unpaired) electrons. The summed E-state index contributed by atoms with van der Waals surface area (Å²) in [6.45, 7) is 0. The highest BCUT2D eigenvalue weighted by molar-refractivity contribution is 9.10. The van der Waals surface area contributed by atoms with Gasteiger partial charge in [0.15, 0.2) is 9.34 Å². The van der Waals surface area contributed by atoms with Gasteiger partial charge in [-0.25, -0.2) is 0 Å². The molecule has 0 saturated heterocycles. The van der Waals surface area contributed by atoms with Crippen LogP contribution < -0.4 is 10.6 Å². The number of furan rings is 2. The highest BCUT2D eigenvalue weighted by Crippen LogP contribution is 2.17. The lowest BCUT2D eigenvalue weighted by atomic mass is 10.2. The summed E-state index contributed by atoms with van der Waals surface area (Å²) in [5.41, 5.74) is 1.20. The minimum Gasteiger partial charge on any atom is -0.450 e. The maximum absolute atomic E-state index is 11.9. The SMILES string of the molecule is O=C(/C=C/c1ccc(Br)o1)Nc1ccc(NC(=O)/C=C/c2ccc(Br)o2)cc1. The van der Waals surface area contributed by atoms with Crippen LogP contribution in [0.25, 0.3) is 12.2 Å². The molecule has 2 heterocycles. The normalized spacial score (nSPS) is 11.2. The van der Waals surface area contributed by atoms with Gasteiger partial charge in [0.1, 0.15) is 11.5 Å². The number of carbonyl (C=O) groups is 2. The first-order valence-corrected chi connectivity index (χ1v) is 9.65. The summed E-state index contributed by atoms with van der Waals surface area (Å²) < 4.78 is 11.8. The van der Waals surface area contributed by atoms with E-state index in [1.807, 2.05) is 0 Å². The van der Waals surface area contributed by atoms with Crippen molar-refractivity contribution in [3.63, 3.8) is 0 Å². The monoisotopic (exact) mass is 504 g/mol. The number of nitrogens with one attached hydrogen (secondary N) is 2. The predicted octanol–water partition coefficient (Wildman–Crippen LogP) is 5.70. The third-order valence-corrected chi connectivity index (χ3v) is 4.26. The van der Waals surface area contributed by atoms with E-state index >= 15 is 0 Å². The lowest BCUT2D eigenvalue weighted by Gasteiger charge is -2.05. The molecule has 0 unspecified atom stereocenters. The summed E-state index contributed by atoms with van der Waals surface area (Å²) in [5, 5.41) is 5.45. The zero-order valence-corrected chi connectivity index (χ0v) is 17.5. The Kier molecular flexibility index (Phi) is 6.67. The van der Waals surface area contributed by atoms with Gasteiger partial charge in [-0.1, -0.05) is 0 Å². The minimum absolute atomic E-state index is 0.295. The summed E-state index contributed by atoms with van der Waals surface area (Å²) in [4.78, 5) is 23.9. The molecule has 0 aliphatic carbocycles. The standard InChI is InChI=1S/C20H14Br2N2O4/c21-17-9-5-15(27-17)7-11-19(25)23-13-1-2-14(4-3-13)24-20(26)12-8-16-6-10-18(22)28-16/h1-12H,(H,23,25)(H,24,26)/b11-7+,12-8+. The first-order valence-electron chi connectivity index (χ1n) is 8.07. The number of benzene rings is 1. The molecule has 2 amide bonds. The Balaban J connectivity index is 1.51. The van der Waals surface area contributed by atoms with Gasteiger partial charge >= 0.3 is 0 Å². The molecule has 8 heteroatoms. The molecule has 0 atom stereocenters. The first-order chi connectivity index (χ1) is 13.5. The average molecular weight is 506 g/mol. The van der Waals surface area contributed by atoms with Gasteiger partial charge in [0.05, 0.1) is 0 Å². The summed E-state index contributed by atoms with van der Waals surface area (Å²) in [6, 6.07) is 13.7. The molecular formula is C20H14Br2N2O4. The van der Waals surface area contributed by atoms with Gasteiger partial charge in [0.25, 0.3) is 0 Å². The zero-order valence-electron chi connectivity index (χ0n) is 14.3. The zero-order chi connectivity index (χ0) is 19.9. The number of anilines is 2. The molecule has 3 rings (SSSR count). The molecule has 0 fully saturated rings. The second kappa shape index (κ2) is 9.38. The van der Waals surface area contributed by atoms with Crippen LogP contribution in [-0.4, -0.2) is 11.8 Å². The highest BCUT2D eigenvalue weighted by atomic mass is 79.9. The van der Waals surface area contributed by atoms with Crippen LogP contribution in [0, 0.1) is 0 Å². The molecule has 6 nitrogen and oxygen atoms in total. The lowest BCUT2D eigenvalue weighted by Crippen LogP contribution is -2.09. The molecular weight excluding hydrogens is 492 g/mol. The van der Waals surface area contributed by atoms with Crippen molar-refractivity contribution < 1.29 is 18.4 Å². The fourth-order valence-electron chi connectivity index (χ4n) is 2.16. The van der Waals surface area contributed by atoms with Gasteiger partial charge in [-0.2, -0.15) is 0 Å². The minimum atomic E-state index is -0.295. The number of amides is 2. The van der Waals surface area contributed by atoms with Crippen molar-refractivity contribution in [2.75, 3.05) is 10.6 Å². The van der Waals surface area contributed by atoms with Crippen LogP contribution >= 0.6 is 31.9 Å². The van der Waals surface area contributed by atoms with E-state index in [-0.39, 0.29) is 11.8 Å². The van der Waals surface area contributed by atoms with E-state index in [0.717, 1.165) is 0 Å². The number of hydrogen-bond donors (Lipinski definition) is 2. The molecule has 2 aromatic heterocycles. The van der Waals surface area contributed by atoms with Gasteiger partial charge in [-0.15, -0.1) is 0 Å². The first kappa shape index (κ1) is 19.9. The van der Waals surface area contributed by atoms with E-state index in [4.69, 9.17) is 8.83 Å². The van der Waals surface area contributed by atoms with E-state index in [1.165, 1.54) is 12.2 Å². The quantitative estimate of drug-likeness (QED) is 0.421. The lowest BCUT2D eigenvalue weighted by molar-refractivity contribution is -0.112. The van der Waals surface area contributed by atoms with Crippen LogP contribution in [0.5, 0.6) is 0 Å². The second-order valence-electron chi connectivity index (χ2n) is 5.51. The number of hydrogen-bond acceptors (Lipinski definition) is 4.